The van der Waals surface area contributed by atoms with E-state index in [1.54, 1.807) is 0 Å². The molecule has 0 unspecified atom stereocenters. The lowest BCUT2D eigenvalue weighted by Gasteiger charge is -2.09. The summed E-state index contributed by atoms with van der Waals surface area (Å²) in [6, 6.07) is 0. The zero-order valence-corrected chi connectivity index (χ0v) is 29.0. The van der Waals surface area contributed by atoms with E-state index in [0.717, 1.165) is 26.1 Å². The molecular formula is C35H72O9. The predicted molar refractivity (Wildman–Crippen MR) is 178 cm³/mol. The van der Waals surface area contributed by atoms with Crippen LogP contribution in [0.5, 0.6) is 0 Å². The minimum Gasteiger partial charge on any atom is -0.379 e. The van der Waals surface area contributed by atoms with E-state index in [0.29, 0.717) is 106 Å². The summed E-state index contributed by atoms with van der Waals surface area (Å²) in [5, 5.41) is 0. The second kappa shape index (κ2) is 42.6. The van der Waals surface area contributed by atoms with Crippen LogP contribution in [-0.2, 0) is 42.6 Å². The zero-order valence-electron chi connectivity index (χ0n) is 29.0. The highest BCUT2D eigenvalue weighted by Gasteiger charge is 1.97. The van der Waals surface area contributed by atoms with Gasteiger partial charge in [0.05, 0.1) is 106 Å². The molecule has 266 valence electrons. The van der Waals surface area contributed by atoms with Gasteiger partial charge in [-0.05, 0) is 12.8 Å². The van der Waals surface area contributed by atoms with Crippen LogP contribution >= 0.6 is 0 Å². The quantitative estimate of drug-likeness (QED) is 0.0657. The van der Waals surface area contributed by atoms with Crippen molar-refractivity contribution in [2.24, 2.45) is 0 Å². The van der Waals surface area contributed by atoms with Crippen LogP contribution in [0.3, 0.4) is 0 Å². The molecule has 0 bridgehead atoms. The number of rotatable bonds is 41. The van der Waals surface area contributed by atoms with Crippen LogP contribution in [0.25, 0.3) is 0 Å². The number of ether oxygens (including phenoxy) is 9. The van der Waals surface area contributed by atoms with Gasteiger partial charge < -0.3 is 42.6 Å². The lowest BCUT2D eigenvalue weighted by molar-refractivity contribution is -0.0250. The molecule has 0 aliphatic heterocycles. The van der Waals surface area contributed by atoms with Gasteiger partial charge in [-0.3, -0.25) is 0 Å². The molecule has 0 aromatic heterocycles. The molecule has 0 saturated carbocycles. The molecule has 0 amide bonds. The summed E-state index contributed by atoms with van der Waals surface area (Å²) in [5.74, 6) is 0. The smallest absolute Gasteiger partial charge is 0.0701 e. The Labute approximate surface area is 271 Å². The summed E-state index contributed by atoms with van der Waals surface area (Å²) in [7, 11) is 0. The normalized spacial score (nSPS) is 11.6. The number of unbranched alkanes of at least 4 members (excludes halogenated alkanes) is 13. The molecule has 0 radical (unpaired) electrons. The highest BCUT2D eigenvalue weighted by atomic mass is 16.6. The standard InChI is InChI=1S/C35H72O9/c1-3-5-7-9-10-11-12-13-15-17-19-37-21-23-39-25-27-41-29-31-43-33-35-44-34-32-42-30-28-40-26-24-38-22-20-36-18-16-14-8-6-4-2/h3-35H2,1-2H3. The van der Waals surface area contributed by atoms with Gasteiger partial charge in [-0.15, -0.1) is 0 Å². The fourth-order valence-electron chi connectivity index (χ4n) is 4.36. The number of hydrogen-bond donors (Lipinski definition) is 0. The van der Waals surface area contributed by atoms with Crippen molar-refractivity contribution in [2.75, 3.05) is 119 Å². The van der Waals surface area contributed by atoms with Crippen molar-refractivity contribution in [3.8, 4) is 0 Å². The van der Waals surface area contributed by atoms with Gasteiger partial charge >= 0.3 is 0 Å². The molecule has 0 saturated heterocycles. The highest BCUT2D eigenvalue weighted by molar-refractivity contribution is 4.48. The molecule has 0 N–H and O–H groups in total. The van der Waals surface area contributed by atoms with Crippen molar-refractivity contribution in [3.63, 3.8) is 0 Å². The Morgan fingerprint density at radius 1 is 0.182 bits per heavy atom. The summed E-state index contributed by atoms with van der Waals surface area (Å²) in [4.78, 5) is 0. The minimum absolute atomic E-state index is 0.544. The zero-order chi connectivity index (χ0) is 31.7. The van der Waals surface area contributed by atoms with Gasteiger partial charge in [0, 0.05) is 13.2 Å². The molecule has 0 spiro atoms. The summed E-state index contributed by atoms with van der Waals surface area (Å²) >= 11 is 0. The van der Waals surface area contributed by atoms with E-state index >= 15 is 0 Å². The van der Waals surface area contributed by atoms with Gasteiger partial charge in [0.25, 0.3) is 0 Å². The first kappa shape index (κ1) is 43.6. The second-order valence-electron chi connectivity index (χ2n) is 11.1. The maximum absolute atomic E-state index is 5.65. The van der Waals surface area contributed by atoms with Crippen molar-refractivity contribution in [3.05, 3.63) is 0 Å². The van der Waals surface area contributed by atoms with E-state index < -0.39 is 0 Å². The maximum Gasteiger partial charge on any atom is 0.0701 e. The van der Waals surface area contributed by atoms with Crippen molar-refractivity contribution in [1.29, 1.82) is 0 Å². The average molecular weight is 637 g/mol. The summed E-state index contributed by atoms with van der Waals surface area (Å²) in [6.45, 7) is 15.4. The summed E-state index contributed by atoms with van der Waals surface area (Å²) in [5.41, 5.74) is 0. The molecule has 9 nitrogen and oxygen atoms in total. The van der Waals surface area contributed by atoms with Crippen LogP contribution in [-0.4, -0.2) is 119 Å². The van der Waals surface area contributed by atoms with Crippen molar-refractivity contribution in [2.45, 2.75) is 110 Å². The Kier molecular flexibility index (Phi) is 42.3. The second-order valence-corrected chi connectivity index (χ2v) is 11.1. The van der Waals surface area contributed by atoms with Crippen molar-refractivity contribution in [1.82, 2.24) is 0 Å². The van der Waals surface area contributed by atoms with Gasteiger partial charge in [0.15, 0.2) is 0 Å². The van der Waals surface area contributed by atoms with E-state index in [1.807, 2.05) is 0 Å². The van der Waals surface area contributed by atoms with Crippen LogP contribution < -0.4 is 0 Å². The van der Waals surface area contributed by atoms with E-state index in [4.69, 9.17) is 42.6 Å². The lowest BCUT2D eigenvalue weighted by Crippen LogP contribution is -2.15. The van der Waals surface area contributed by atoms with Gasteiger partial charge in [-0.2, -0.15) is 0 Å². The monoisotopic (exact) mass is 637 g/mol. The molecule has 0 aliphatic rings. The summed E-state index contributed by atoms with van der Waals surface area (Å²) < 4.78 is 49.8. The Bertz CT molecular complexity index is 443. The average Bonchev–Trinajstić information content (AvgIpc) is 3.04. The van der Waals surface area contributed by atoms with Crippen molar-refractivity contribution >= 4 is 0 Å². The molecule has 9 heteroatoms. The SMILES string of the molecule is CCCCCCCCCCCCOCCOCCOCCOCCOCCOCCOCCOCCOCCCCCCC. The third kappa shape index (κ3) is 41.6. The van der Waals surface area contributed by atoms with Gasteiger partial charge in [-0.1, -0.05) is 97.3 Å². The predicted octanol–water partition coefficient (Wildman–Crippen LogP) is 7.03. The van der Waals surface area contributed by atoms with Gasteiger partial charge in [-0.25, -0.2) is 0 Å². The minimum atomic E-state index is 0.544. The molecule has 44 heavy (non-hydrogen) atoms. The van der Waals surface area contributed by atoms with Crippen LogP contribution in [0.4, 0.5) is 0 Å². The number of hydrogen-bond acceptors (Lipinski definition) is 9. The Hall–Kier alpha value is -0.360. The highest BCUT2D eigenvalue weighted by Crippen LogP contribution is 2.10. The topological polar surface area (TPSA) is 83.1 Å². The first-order chi connectivity index (χ1) is 21.9. The van der Waals surface area contributed by atoms with Crippen LogP contribution in [0.15, 0.2) is 0 Å². The molecule has 0 aromatic rings. The van der Waals surface area contributed by atoms with E-state index in [-0.39, 0.29) is 0 Å². The Morgan fingerprint density at radius 2 is 0.341 bits per heavy atom. The Morgan fingerprint density at radius 3 is 0.545 bits per heavy atom. The van der Waals surface area contributed by atoms with E-state index in [9.17, 15) is 0 Å². The molecular weight excluding hydrogens is 564 g/mol. The molecule has 0 rings (SSSR count). The molecule has 0 heterocycles. The van der Waals surface area contributed by atoms with Crippen LogP contribution in [0.1, 0.15) is 110 Å². The third-order valence-electron chi connectivity index (χ3n) is 7.01. The molecule has 0 atom stereocenters. The lowest BCUT2D eigenvalue weighted by atomic mass is 10.1. The first-order valence-electron chi connectivity index (χ1n) is 18.1. The molecule has 0 fully saturated rings. The third-order valence-corrected chi connectivity index (χ3v) is 7.01. The Balaban J connectivity index is 3.03. The molecule has 0 aromatic carbocycles. The first-order valence-corrected chi connectivity index (χ1v) is 18.1. The fraction of sp³-hybridized carbons (Fsp3) is 1.00. The maximum atomic E-state index is 5.65. The van der Waals surface area contributed by atoms with Gasteiger partial charge in [0.1, 0.15) is 0 Å². The van der Waals surface area contributed by atoms with E-state index in [2.05, 4.69) is 13.8 Å². The van der Waals surface area contributed by atoms with Crippen LogP contribution in [0.2, 0.25) is 0 Å². The van der Waals surface area contributed by atoms with Gasteiger partial charge in [0.2, 0.25) is 0 Å². The fourth-order valence-corrected chi connectivity index (χ4v) is 4.36. The van der Waals surface area contributed by atoms with Crippen LogP contribution in [0, 0.1) is 0 Å². The largest absolute Gasteiger partial charge is 0.379 e. The summed E-state index contributed by atoms with van der Waals surface area (Å²) in [6.07, 6.45) is 19.8. The van der Waals surface area contributed by atoms with Crippen molar-refractivity contribution < 1.29 is 42.6 Å². The van der Waals surface area contributed by atoms with E-state index in [1.165, 1.54) is 83.5 Å². The molecule has 0 aliphatic carbocycles.